The number of nitrogens with one attached hydrogen (secondary N) is 2. The van der Waals surface area contributed by atoms with Crippen LogP contribution in [0.15, 0.2) is 0 Å². The van der Waals surface area contributed by atoms with Gasteiger partial charge in [-0.2, -0.15) is 0 Å². The van der Waals surface area contributed by atoms with Gasteiger partial charge in [-0.25, -0.2) is 4.79 Å². The van der Waals surface area contributed by atoms with Gasteiger partial charge in [-0.15, -0.1) is 0 Å². The Morgan fingerprint density at radius 3 is 2.70 bits per heavy atom. The summed E-state index contributed by atoms with van der Waals surface area (Å²) in [6, 6.07) is -0.425. The zero-order valence-electron chi connectivity index (χ0n) is 13.7. The highest BCUT2D eigenvalue weighted by atomic mass is 16.6. The minimum atomic E-state index is -0.425. The molecular formula is C15H26N4O4. The number of carbonyl (C=O) groups is 3. The highest BCUT2D eigenvalue weighted by molar-refractivity contribution is 5.88. The van der Waals surface area contributed by atoms with Crippen molar-refractivity contribution in [1.82, 2.24) is 20.4 Å². The molecule has 1 atom stereocenters. The first-order chi connectivity index (χ1) is 11.1. The number of hydrogen-bond acceptors (Lipinski definition) is 5. The first-order valence-electron chi connectivity index (χ1n) is 8.31. The second kappa shape index (κ2) is 8.71. The Balaban J connectivity index is 1.72. The fourth-order valence-corrected chi connectivity index (χ4v) is 2.82. The van der Waals surface area contributed by atoms with Gasteiger partial charge in [0.05, 0.1) is 13.2 Å². The third kappa shape index (κ3) is 5.38. The third-order valence-corrected chi connectivity index (χ3v) is 4.14. The summed E-state index contributed by atoms with van der Waals surface area (Å²) in [5.41, 5.74) is 0. The average molecular weight is 326 g/mol. The van der Waals surface area contributed by atoms with E-state index in [1.807, 2.05) is 4.90 Å². The highest BCUT2D eigenvalue weighted by Crippen LogP contribution is 2.06. The molecule has 2 aliphatic rings. The van der Waals surface area contributed by atoms with E-state index in [4.69, 9.17) is 4.74 Å². The van der Waals surface area contributed by atoms with Gasteiger partial charge < -0.3 is 20.3 Å². The molecule has 0 aromatic heterocycles. The fourth-order valence-electron chi connectivity index (χ4n) is 2.82. The van der Waals surface area contributed by atoms with Crippen molar-refractivity contribution in [2.45, 2.75) is 32.2 Å². The van der Waals surface area contributed by atoms with Crippen LogP contribution >= 0.6 is 0 Å². The Kier molecular flexibility index (Phi) is 6.64. The van der Waals surface area contributed by atoms with Crippen LogP contribution in [0.4, 0.5) is 4.79 Å². The summed E-state index contributed by atoms with van der Waals surface area (Å²) in [6.07, 6.45) is 2.27. The lowest BCUT2D eigenvalue weighted by molar-refractivity contribution is -0.129. The molecule has 0 aromatic rings. The molecule has 23 heavy (non-hydrogen) atoms. The number of amides is 3. The van der Waals surface area contributed by atoms with Gasteiger partial charge in [0.25, 0.3) is 0 Å². The van der Waals surface area contributed by atoms with Gasteiger partial charge in [-0.3, -0.25) is 14.5 Å². The third-order valence-electron chi connectivity index (χ3n) is 4.14. The fraction of sp³-hybridized carbons (Fsp3) is 0.800. The summed E-state index contributed by atoms with van der Waals surface area (Å²) in [5.74, 6) is -0.236. The molecule has 130 valence electrons. The predicted molar refractivity (Wildman–Crippen MR) is 83.8 cm³/mol. The van der Waals surface area contributed by atoms with E-state index in [1.54, 1.807) is 11.8 Å². The molecule has 8 heteroatoms. The highest BCUT2D eigenvalue weighted by Gasteiger charge is 2.26. The SMILES string of the molecule is CCOC(=O)N1CCN(CC(=O)N[C@@H]2CCCCNC2=O)CC1. The minimum Gasteiger partial charge on any atom is -0.450 e. The Bertz CT molecular complexity index is 435. The van der Waals surface area contributed by atoms with Crippen LogP contribution in [0.5, 0.6) is 0 Å². The van der Waals surface area contributed by atoms with Crippen LogP contribution in [0.1, 0.15) is 26.2 Å². The van der Waals surface area contributed by atoms with E-state index in [9.17, 15) is 14.4 Å². The summed E-state index contributed by atoms with van der Waals surface area (Å²) < 4.78 is 4.97. The summed E-state index contributed by atoms with van der Waals surface area (Å²) in [4.78, 5) is 39.2. The Morgan fingerprint density at radius 1 is 1.26 bits per heavy atom. The van der Waals surface area contributed by atoms with Crippen LogP contribution in [-0.4, -0.2) is 79.6 Å². The van der Waals surface area contributed by atoms with E-state index in [1.165, 1.54) is 0 Å². The molecule has 2 rings (SSSR count). The van der Waals surface area contributed by atoms with Crippen molar-refractivity contribution in [2.75, 3.05) is 45.9 Å². The molecule has 0 radical (unpaired) electrons. The van der Waals surface area contributed by atoms with Crippen molar-refractivity contribution in [1.29, 1.82) is 0 Å². The van der Waals surface area contributed by atoms with E-state index in [2.05, 4.69) is 10.6 Å². The predicted octanol–water partition coefficient (Wildman–Crippen LogP) is -0.455. The summed E-state index contributed by atoms with van der Waals surface area (Å²) in [7, 11) is 0. The smallest absolute Gasteiger partial charge is 0.409 e. The lowest BCUT2D eigenvalue weighted by Gasteiger charge is -2.33. The Labute approximate surface area is 136 Å². The number of hydrogen-bond donors (Lipinski definition) is 2. The maximum atomic E-state index is 12.1. The lowest BCUT2D eigenvalue weighted by atomic mass is 10.1. The van der Waals surface area contributed by atoms with Crippen molar-refractivity contribution in [3.63, 3.8) is 0 Å². The van der Waals surface area contributed by atoms with Gasteiger partial charge in [0.15, 0.2) is 0 Å². The van der Waals surface area contributed by atoms with Gasteiger partial charge in [0, 0.05) is 32.7 Å². The number of ether oxygens (including phenoxy) is 1. The minimum absolute atomic E-state index is 0.0945. The van der Waals surface area contributed by atoms with Crippen LogP contribution in [0.25, 0.3) is 0 Å². The Hall–Kier alpha value is -1.83. The van der Waals surface area contributed by atoms with Crippen molar-refractivity contribution in [3.8, 4) is 0 Å². The first kappa shape index (κ1) is 17.5. The number of rotatable bonds is 4. The molecule has 2 N–H and O–H groups in total. The molecule has 0 saturated carbocycles. The van der Waals surface area contributed by atoms with Gasteiger partial charge >= 0.3 is 6.09 Å². The van der Waals surface area contributed by atoms with E-state index in [-0.39, 0.29) is 24.5 Å². The van der Waals surface area contributed by atoms with Crippen LogP contribution in [0.3, 0.4) is 0 Å². The molecule has 0 spiro atoms. The second-order valence-corrected chi connectivity index (χ2v) is 5.87. The average Bonchev–Trinajstić information content (AvgIpc) is 2.73. The molecule has 0 aromatic carbocycles. The second-order valence-electron chi connectivity index (χ2n) is 5.87. The number of piperazine rings is 1. The van der Waals surface area contributed by atoms with Gasteiger partial charge in [0.1, 0.15) is 6.04 Å². The van der Waals surface area contributed by atoms with Crippen LogP contribution in [0, 0.1) is 0 Å². The molecule has 2 saturated heterocycles. The van der Waals surface area contributed by atoms with E-state index >= 15 is 0 Å². The van der Waals surface area contributed by atoms with Crippen LogP contribution < -0.4 is 10.6 Å². The maximum absolute atomic E-state index is 12.1. The van der Waals surface area contributed by atoms with E-state index in [0.717, 1.165) is 12.8 Å². The van der Waals surface area contributed by atoms with Gasteiger partial charge in [-0.1, -0.05) is 0 Å². The zero-order chi connectivity index (χ0) is 16.7. The normalized spacial score (nSPS) is 22.9. The molecule has 2 heterocycles. The molecule has 0 bridgehead atoms. The topological polar surface area (TPSA) is 91.0 Å². The van der Waals surface area contributed by atoms with Gasteiger partial charge in [0.2, 0.25) is 11.8 Å². The summed E-state index contributed by atoms with van der Waals surface area (Å²) in [6.45, 7) is 5.44. The molecule has 0 aliphatic carbocycles. The van der Waals surface area contributed by atoms with Crippen molar-refractivity contribution >= 4 is 17.9 Å². The number of carbonyl (C=O) groups excluding carboxylic acids is 3. The maximum Gasteiger partial charge on any atom is 0.409 e. The number of nitrogens with zero attached hydrogens (tertiary/aromatic N) is 2. The monoisotopic (exact) mass is 326 g/mol. The molecule has 0 unspecified atom stereocenters. The van der Waals surface area contributed by atoms with Crippen molar-refractivity contribution < 1.29 is 19.1 Å². The van der Waals surface area contributed by atoms with Crippen molar-refractivity contribution in [2.24, 2.45) is 0 Å². The van der Waals surface area contributed by atoms with E-state index < -0.39 is 6.04 Å². The van der Waals surface area contributed by atoms with Crippen LogP contribution in [-0.2, 0) is 14.3 Å². The summed E-state index contributed by atoms with van der Waals surface area (Å²) >= 11 is 0. The summed E-state index contributed by atoms with van der Waals surface area (Å²) in [5, 5.41) is 5.62. The van der Waals surface area contributed by atoms with Crippen molar-refractivity contribution in [3.05, 3.63) is 0 Å². The van der Waals surface area contributed by atoms with Crippen LogP contribution in [0.2, 0.25) is 0 Å². The molecule has 2 aliphatic heterocycles. The van der Waals surface area contributed by atoms with E-state index in [0.29, 0.717) is 45.8 Å². The lowest BCUT2D eigenvalue weighted by Crippen LogP contribution is -2.53. The molecular weight excluding hydrogens is 300 g/mol. The van der Waals surface area contributed by atoms with Gasteiger partial charge in [-0.05, 0) is 26.2 Å². The molecule has 8 nitrogen and oxygen atoms in total. The first-order valence-corrected chi connectivity index (χ1v) is 8.31. The largest absolute Gasteiger partial charge is 0.450 e. The molecule has 2 fully saturated rings. The molecule has 3 amide bonds. The quantitative estimate of drug-likeness (QED) is 0.730. The Morgan fingerprint density at radius 2 is 2.00 bits per heavy atom. The standard InChI is InChI=1S/C15H26N4O4/c1-2-23-15(22)19-9-7-18(8-10-19)11-13(20)17-12-5-3-4-6-16-14(12)21/h12H,2-11H2,1H3,(H,16,21)(H,17,20)/t12-/m1/s1. The zero-order valence-corrected chi connectivity index (χ0v) is 13.7.